The molecule has 5 heteroatoms. The second kappa shape index (κ2) is 6.42. The molecule has 2 aromatic rings. The van der Waals surface area contributed by atoms with E-state index in [9.17, 15) is 4.79 Å². The van der Waals surface area contributed by atoms with Gasteiger partial charge in [-0.2, -0.15) is 0 Å². The van der Waals surface area contributed by atoms with E-state index < -0.39 is 0 Å². The summed E-state index contributed by atoms with van der Waals surface area (Å²) in [5, 5.41) is 3.79. The van der Waals surface area contributed by atoms with Crippen molar-refractivity contribution in [1.29, 1.82) is 0 Å². The number of rotatable bonds is 3. The summed E-state index contributed by atoms with van der Waals surface area (Å²) < 4.78 is 0. The van der Waals surface area contributed by atoms with Crippen molar-refractivity contribution in [3.8, 4) is 0 Å². The van der Waals surface area contributed by atoms with Gasteiger partial charge in [-0.1, -0.05) is 47.5 Å². The van der Waals surface area contributed by atoms with Crippen LogP contribution in [-0.4, -0.2) is 18.5 Å². The van der Waals surface area contributed by atoms with Gasteiger partial charge in [-0.05, 0) is 43.5 Å². The molecular weight excluding hydrogens is 331 g/mol. The molecule has 0 bridgehead atoms. The molecule has 0 saturated carbocycles. The van der Waals surface area contributed by atoms with E-state index in [4.69, 9.17) is 23.2 Å². The van der Waals surface area contributed by atoms with E-state index in [0.717, 1.165) is 17.7 Å². The molecule has 120 valence electrons. The molecule has 0 unspecified atom stereocenters. The maximum Gasteiger partial charge on any atom is 0.243 e. The number of hydrogen-bond donors (Lipinski definition) is 1. The minimum absolute atomic E-state index is 0.122. The lowest BCUT2D eigenvalue weighted by Gasteiger charge is -2.24. The van der Waals surface area contributed by atoms with Crippen molar-refractivity contribution >= 4 is 40.5 Å². The normalized spacial score (nSPS) is 16.3. The van der Waals surface area contributed by atoms with Gasteiger partial charge in [0.15, 0.2) is 0 Å². The first-order valence-corrected chi connectivity index (χ1v) is 8.32. The zero-order chi connectivity index (χ0) is 16.6. The van der Waals surface area contributed by atoms with Gasteiger partial charge in [-0.25, -0.2) is 0 Å². The third kappa shape index (κ3) is 3.17. The third-order valence-electron chi connectivity index (χ3n) is 4.21. The maximum absolute atomic E-state index is 12.5. The van der Waals surface area contributed by atoms with Crippen molar-refractivity contribution in [3.05, 3.63) is 57.6 Å². The topological polar surface area (TPSA) is 32.3 Å². The molecular formula is C18H18Cl2N2O. The molecule has 1 atom stereocenters. The Morgan fingerprint density at radius 3 is 2.78 bits per heavy atom. The zero-order valence-corrected chi connectivity index (χ0v) is 14.6. The van der Waals surface area contributed by atoms with Crippen LogP contribution >= 0.6 is 23.2 Å². The minimum atomic E-state index is -0.122. The van der Waals surface area contributed by atoms with Crippen LogP contribution in [-0.2, 0) is 11.2 Å². The summed E-state index contributed by atoms with van der Waals surface area (Å²) in [4.78, 5) is 14.6. The summed E-state index contributed by atoms with van der Waals surface area (Å²) in [5.74, 6) is -0.122. The first-order chi connectivity index (χ1) is 11.0. The van der Waals surface area contributed by atoms with Crippen LogP contribution in [0.2, 0.25) is 10.0 Å². The van der Waals surface area contributed by atoms with Crippen LogP contribution in [0.1, 0.15) is 18.1 Å². The van der Waals surface area contributed by atoms with Gasteiger partial charge in [0.05, 0.1) is 22.3 Å². The molecule has 23 heavy (non-hydrogen) atoms. The largest absolute Gasteiger partial charge is 0.359 e. The van der Waals surface area contributed by atoms with Crippen LogP contribution < -0.4 is 10.2 Å². The fourth-order valence-corrected chi connectivity index (χ4v) is 3.44. The molecule has 0 fully saturated rings. The maximum atomic E-state index is 12.5. The van der Waals surface area contributed by atoms with E-state index in [1.807, 2.05) is 25.1 Å². The molecule has 0 aliphatic carbocycles. The number of carbonyl (C=O) groups excluding carboxylic acids is 1. The number of aryl methyl sites for hydroxylation is 1. The monoisotopic (exact) mass is 348 g/mol. The quantitative estimate of drug-likeness (QED) is 0.872. The molecule has 2 aromatic carbocycles. The van der Waals surface area contributed by atoms with E-state index in [0.29, 0.717) is 21.8 Å². The van der Waals surface area contributed by atoms with Crippen molar-refractivity contribution in [2.45, 2.75) is 26.3 Å². The van der Waals surface area contributed by atoms with Gasteiger partial charge >= 0.3 is 0 Å². The van der Waals surface area contributed by atoms with Crippen LogP contribution in [0.3, 0.4) is 0 Å². The van der Waals surface area contributed by atoms with Gasteiger partial charge in [0.2, 0.25) is 5.91 Å². The fraction of sp³-hybridized carbons (Fsp3) is 0.278. The van der Waals surface area contributed by atoms with Crippen molar-refractivity contribution in [3.63, 3.8) is 0 Å². The van der Waals surface area contributed by atoms with Crippen LogP contribution in [0.15, 0.2) is 36.4 Å². The molecule has 1 N–H and O–H groups in total. The lowest BCUT2D eigenvalue weighted by Crippen LogP contribution is -2.37. The molecule has 0 aromatic heterocycles. The Hall–Kier alpha value is -1.71. The van der Waals surface area contributed by atoms with E-state index >= 15 is 0 Å². The highest BCUT2D eigenvalue weighted by Gasteiger charge is 2.27. The molecule has 1 aliphatic heterocycles. The predicted octanol–water partition coefficient (Wildman–Crippen LogP) is 4.69. The second-order valence-corrected chi connectivity index (χ2v) is 6.70. The summed E-state index contributed by atoms with van der Waals surface area (Å²) in [6, 6.07) is 12.1. The average molecular weight is 349 g/mol. The highest BCUT2D eigenvalue weighted by Crippen LogP contribution is 2.34. The molecule has 1 heterocycles. The Morgan fingerprint density at radius 1 is 1.26 bits per heavy atom. The van der Waals surface area contributed by atoms with Crippen LogP contribution in [0, 0.1) is 6.92 Å². The Labute approximate surface area is 146 Å². The Kier molecular flexibility index (Phi) is 4.51. The van der Waals surface area contributed by atoms with Crippen molar-refractivity contribution in [1.82, 2.24) is 0 Å². The molecule has 3 nitrogen and oxygen atoms in total. The van der Waals surface area contributed by atoms with Crippen molar-refractivity contribution in [2.24, 2.45) is 0 Å². The van der Waals surface area contributed by atoms with E-state index in [2.05, 4.69) is 29.3 Å². The molecule has 3 rings (SSSR count). The first kappa shape index (κ1) is 16.2. The van der Waals surface area contributed by atoms with Gasteiger partial charge in [0.1, 0.15) is 0 Å². The summed E-state index contributed by atoms with van der Waals surface area (Å²) >= 11 is 12.4. The first-order valence-electron chi connectivity index (χ1n) is 7.56. The summed E-state index contributed by atoms with van der Waals surface area (Å²) in [6.45, 7) is 4.28. The third-order valence-corrected chi connectivity index (χ3v) is 5.01. The summed E-state index contributed by atoms with van der Waals surface area (Å²) in [5.41, 5.74) is 3.76. The number of carbonyl (C=O) groups is 1. The van der Waals surface area contributed by atoms with Crippen LogP contribution in [0.4, 0.5) is 11.4 Å². The smallest absolute Gasteiger partial charge is 0.243 e. The number of benzene rings is 2. The number of para-hydroxylation sites is 1. The molecule has 1 amide bonds. The molecule has 0 saturated heterocycles. The zero-order valence-electron chi connectivity index (χ0n) is 13.1. The second-order valence-electron chi connectivity index (χ2n) is 5.91. The van der Waals surface area contributed by atoms with Gasteiger partial charge in [0.25, 0.3) is 0 Å². The van der Waals surface area contributed by atoms with Crippen LogP contribution in [0.25, 0.3) is 0 Å². The van der Waals surface area contributed by atoms with E-state index in [1.54, 1.807) is 6.07 Å². The molecule has 1 aliphatic rings. The SMILES string of the molecule is Cc1ccc(Cl)c(NC(=O)CN2c3ccccc3C[C@@H]2C)c1Cl. The molecule has 0 spiro atoms. The number of amides is 1. The Bertz CT molecular complexity index is 761. The van der Waals surface area contributed by atoms with Crippen LogP contribution in [0.5, 0.6) is 0 Å². The minimum Gasteiger partial charge on any atom is -0.359 e. The average Bonchev–Trinajstić information content (AvgIpc) is 2.84. The van der Waals surface area contributed by atoms with Crippen molar-refractivity contribution in [2.75, 3.05) is 16.8 Å². The van der Waals surface area contributed by atoms with Gasteiger partial charge < -0.3 is 10.2 Å². The number of halogens is 2. The van der Waals surface area contributed by atoms with Gasteiger partial charge in [-0.15, -0.1) is 0 Å². The summed E-state index contributed by atoms with van der Waals surface area (Å²) in [6.07, 6.45) is 0.954. The predicted molar refractivity (Wildman–Crippen MR) is 96.8 cm³/mol. The van der Waals surface area contributed by atoms with E-state index in [-0.39, 0.29) is 12.5 Å². The standard InChI is InChI=1S/C18H18Cl2N2O/c1-11-7-8-14(19)18(17(11)20)21-16(23)10-22-12(2)9-13-5-3-4-6-15(13)22/h3-8,12H,9-10H2,1-2H3,(H,21,23)/t12-/m0/s1. The number of hydrogen-bond acceptors (Lipinski definition) is 2. The van der Waals surface area contributed by atoms with Crippen molar-refractivity contribution < 1.29 is 4.79 Å². The van der Waals surface area contributed by atoms with E-state index in [1.165, 1.54) is 5.56 Å². The number of nitrogens with one attached hydrogen (secondary N) is 1. The highest BCUT2D eigenvalue weighted by molar-refractivity contribution is 6.40. The Morgan fingerprint density at radius 2 is 2.00 bits per heavy atom. The number of fused-ring (bicyclic) bond motifs is 1. The Balaban J connectivity index is 1.77. The molecule has 0 radical (unpaired) electrons. The fourth-order valence-electron chi connectivity index (χ4n) is 2.98. The lowest BCUT2D eigenvalue weighted by atomic mass is 10.1. The summed E-state index contributed by atoms with van der Waals surface area (Å²) in [7, 11) is 0. The van der Waals surface area contributed by atoms with Gasteiger partial charge in [-0.3, -0.25) is 4.79 Å². The highest BCUT2D eigenvalue weighted by atomic mass is 35.5. The lowest BCUT2D eigenvalue weighted by molar-refractivity contribution is -0.115. The number of nitrogens with zero attached hydrogens (tertiary/aromatic N) is 1. The number of anilines is 2. The van der Waals surface area contributed by atoms with Gasteiger partial charge in [0, 0.05) is 11.7 Å².